The predicted molar refractivity (Wildman–Crippen MR) is 114 cm³/mol. The molecule has 2 saturated heterocycles. The maximum Gasteiger partial charge on any atom is 0.161 e. The van der Waals surface area contributed by atoms with Crippen molar-refractivity contribution >= 4 is 17.6 Å². The maximum absolute atomic E-state index is 5.07. The summed E-state index contributed by atoms with van der Waals surface area (Å²) in [6.07, 6.45) is 6.19. The van der Waals surface area contributed by atoms with E-state index in [9.17, 15) is 0 Å². The molecule has 1 aromatic heterocycles. The highest BCUT2D eigenvalue weighted by atomic mass is 32.2. The van der Waals surface area contributed by atoms with Gasteiger partial charge >= 0.3 is 0 Å². The molecule has 1 aromatic carbocycles. The predicted octanol–water partition coefficient (Wildman–Crippen LogP) is 3.65. The highest BCUT2D eigenvalue weighted by Crippen LogP contribution is 2.32. The van der Waals surface area contributed by atoms with Gasteiger partial charge < -0.3 is 4.90 Å². The van der Waals surface area contributed by atoms with Crippen molar-refractivity contribution < 1.29 is 0 Å². The summed E-state index contributed by atoms with van der Waals surface area (Å²) in [7, 11) is 0. The van der Waals surface area contributed by atoms with Crippen molar-refractivity contribution in [2.24, 2.45) is 0 Å². The first-order valence-electron chi connectivity index (χ1n) is 10.4. The number of rotatable bonds is 3. The van der Waals surface area contributed by atoms with Crippen molar-refractivity contribution in [1.29, 1.82) is 0 Å². The van der Waals surface area contributed by atoms with Gasteiger partial charge in [-0.1, -0.05) is 30.3 Å². The number of hydrogen-bond acceptors (Lipinski definition) is 5. The molecule has 27 heavy (non-hydrogen) atoms. The Balaban J connectivity index is 1.38. The molecule has 5 heteroatoms. The molecule has 0 radical (unpaired) electrons. The molecule has 0 saturated carbocycles. The summed E-state index contributed by atoms with van der Waals surface area (Å²) in [4.78, 5) is 15.3. The largest absolute Gasteiger partial charge is 0.354 e. The average molecular weight is 381 g/mol. The van der Waals surface area contributed by atoms with Crippen LogP contribution in [0.3, 0.4) is 0 Å². The van der Waals surface area contributed by atoms with E-state index in [2.05, 4.69) is 51.9 Å². The third kappa shape index (κ3) is 3.59. The Kier molecular flexibility index (Phi) is 5.06. The SMILES string of the molecule is c1ccc(-c2nc3c(c(N4CCN(C5CCSCC5)CC4)n2)CCC3)cc1. The number of hydrogen-bond donors (Lipinski definition) is 0. The second-order valence-corrected chi connectivity index (χ2v) is 9.11. The molecule has 0 atom stereocenters. The van der Waals surface area contributed by atoms with Crippen LogP contribution in [-0.2, 0) is 12.8 Å². The molecular formula is C22H28N4S. The molecule has 4 nitrogen and oxygen atoms in total. The molecule has 2 aliphatic heterocycles. The van der Waals surface area contributed by atoms with E-state index in [0.29, 0.717) is 0 Å². The van der Waals surface area contributed by atoms with Crippen LogP contribution in [0.15, 0.2) is 30.3 Å². The molecule has 1 aliphatic carbocycles. The summed E-state index contributed by atoms with van der Waals surface area (Å²) in [6.45, 7) is 4.55. The van der Waals surface area contributed by atoms with Crippen LogP contribution in [0.5, 0.6) is 0 Å². The van der Waals surface area contributed by atoms with E-state index < -0.39 is 0 Å². The lowest BCUT2D eigenvalue weighted by molar-refractivity contribution is 0.175. The van der Waals surface area contributed by atoms with Crippen molar-refractivity contribution in [3.05, 3.63) is 41.6 Å². The van der Waals surface area contributed by atoms with Crippen LogP contribution in [0.1, 0.15) is 30.5 Å². The minimum Gasteiger partial charge on any atom is -0.354 e. The number of aromatic nitrogens is 2. The molecular weight excluding hydrogens is 352 g/mol. The number of aryl methyl sites for hydroxylation is 1. The minimum absolute atomic E-state index is 0.810. The van der Waals surface area contributed by atoms with Gasteiger partial charge in [0.25, 0.3) is 0 Å². The summed E-state index contributed by atoms with van der Waals surface area (Å²) in [5.74, 6) is 4.79. The first kappa shape index (κ1) is 17.5. The third-order valence-electron chi connectivity index (χ3n) is 6.26. The average Bonchev–Trinajstić information content (AvgIpc) is 3.23. The highest BCUT2D eigenvalue weighted by Gasteiger charge is 2.29. The van der Waals surface area contributed by atoms with E-state index in [1.807, 2.05) is 0 Å². The molecule has 142 valence electrons. The van der Waals surface area contributed by atoms with Crippen LogP contribution in [0.4, 0.5) is 5.82 Å². The number of thioether (sulfide) groups is 1. The van der Waals surface area contributed by atoms with E-state index in [-0.39, 0.29) is 0 Å². The summed E-state index contributed by atoms with van der Waals surface area (Å²) in [5.41, 5.74) is 3.83. The van der Waals surface area contributed by atoms with Crippen molar-refractivity contribution in [1.82, 2.24) is 14.9 Å². The van der Waals surface area contributed by atoms with Gasteiger partial charge in [0.1, 0.15) is 5.82 Å². The zero-order valence-corrected chi connectivity index (χ0v) is 16.8. The second-order valence-electron chi connectivity index (χ2n) is 7.88. The zero-order valence-electron chi connectivity index (χ0n) is 15.9. The van der Waals surface area contributed by atoms with E-state index in [1.54, 1.807) is 0 Å². The Morgan fingerprint density at radius 3 is 2.44 bits per heavy atom. The molecule has 2 aromatic rings. The molecule has 0 spiro atoms. The maximum atomic E-state index is 5.07. The highest BCUT2D eigenvalue weighted by molar-refractivity contribution is 7.99. The van der Waals surface area contributed by atoms with Gasteiger partial charge in [-0.2, -0.15) is 11.8 Å². The van der Waals surface area contributed by atoms with Crippen LogP contribution in [0, 0.1) is 0 Å². The number of anilines is 1. The Hall–Kier alpha value is -1.59. The van der Waals surface area contributed by atoms with Crippen LogP contribution >= 0.6 is 11.8 Å². The normalized spacial score (nSPS) is 21.4. The standard InChI is InChI=1S/C22H28N4S/c1-2-5-17(6-3-1)21-23-20-8-4-7-19(20)22(24-21)26-13-11-25(12-14-26)18-9-15-27-16-10-18/h1-3,5-6,18H,4,7-16H2. The Labute approximate surface area is 166 Å². The van der Waals surface area contributed by atoms with Crippen LogP contribution in [-0.4, -0.2) is 58.6 Å². The van der Waals surface area contributed by atoms with Crippen LogP contribution in [0.25, 0.3) is 11.4 Å². The van der Waals surface area contributed by atoms with Crippen molar-refractivity contribution in [3.63, 3.8) is 0 Å². The smallest absolute Gasteiger partial charge is 0.161 e. The second kappa shape index (κ2) is 7.80. The molecule has 0 bridgehead atoms. The lowest BCUT2D eigenvalue weighted by Gasteiger charge is -2.41. The number of fused-ring (bicyclic) bond motifs is 1. The topological polar surface area (TPSA) is 32.3 Å². The molecule has 5 rings (SSSR count). The van der Waals surface area contributed by atoms with Crippen molar-refractivity contribution in [2.75, 3.05) is 42.6 Å². The zero-order chi connectivity index (χ0) is 18.1. The summed E-state index contributed by atoms with van der Waals surface area (Å²) in [6, 6.07) is 11.3. The van der Waals surface area contributed by atoms with E-state index >= 15 is 0 Å². The van der Waals surface area contributed by atoms with E-state index in [0.717, 1.165) is 43.4 Å². The molecule has 0 amide bonds. The van der Waals surface area contributed by atoms with E-state index in [1.165, 1.54) is 60.9 Å². The Morgan fingerprint density at radius 1 is 0.889 bits per heavy atom. The van der Waals surface area contributed by atoms with Gasteiger partial charge in [-0.05, 0) is 43.6 Å². The lowest BCUT2D eigenvalue weighted by Crippen LogP contribution is -2.51. The van der Waals surface area contributed by atoms with Gasteiger partial charge in [0, 0.05) is 49.0 Å². The fraction of sp³-hybridized carbons (Fsp3) is 0.545. The van der Waals surface area contributed by atoms with Gasteiger partial charge in [-0.25, -0.2) is 9.97 Å². The first-order chi connectivity index (χ1) is 13.4. The van der Waals surface area contributed by atoms with Gasteiger partial charge in [0.2, 0.25) is 0 Å². The molecule has 0 unspecified atom stereocenters. The third-order valence-corrected chi connectivity index (χ3v) is 7.31. The molecule has 2 fully saturated rings. The van der Waals surface area contributed by atoms with Crippen molar-refractivity contribution in [3.8, 4) is 11.4 Å². The fourth-order valence-corrected chi connectivity index (χ4v) is 5.82. The number of piperazine rings is 1. The van der Waals surface area contributed by atoms with Crippen LogP contribution < -0.4 is 4.90 Å². The van der Waals surface area contributed by atoms with E-state index in [4.69, 9.17) is 9.97 Å². The monoisotopic (exact) mass is 380 g/mol. The van der Waals surface area contributed by atoms with Gasteiger partial charge in [-0.15, -0.1) is 0 Å². The van der Waals surface area contributed by atoms with Crippen molar-refractivity contribution in [2.45, 2.75) is 38.1 Å². The Morgan fingerprint density at radius 2 is 1.67 bits per heavy atom. The molecule has 3 aliphatic rings. The summed E-state index contributed by atoms with van der Waals surface area (Å²) < 4.78 is 0. The number of nitrogens with zero attached hydrogens (tertiary/aromatic N) is 4. The van der Waals surface area contributed by atoms with Gasteiger partial charge in [0.05, 0.1) is 0 Å². The van der Waals surface area contributed by atoms with Gasteiger partial charge in [0.15, 0.2) is 5.82 Å². The molecule has 0 N–H and O–H groups in total. The van der Waals surface area contributed by atoms with Crippen LogP contribution in [0.2, 0.25) is 0 Å². The molecule has 3 heterocycles. The minimum atomic E-state index is 0.810. The fourth-order valence-electron chi connectivity index (χ4n) is 4.74. The Bertz CT molecular complexity index is 780. The number of benzene rings is 1. The van der Waals surface area contributed by atoms with Gasteiger partial charge in [-0.3, -0.25) is 4.90 Å². The lowest BCUT2D eigenvalue weighted by atomic mass is 10.1. The summed E-state index contributed by atoms with van der Waals surface area (Å²) >= 11 is 2.12. The summed E-state index contributed by atoms with van der Waals surface area (Å²) in [5, 5.41) is 0. The first-order valence-corrected chi connectivity index (χ1v) is 11.6. The quantitative estimate of drug-likeness (QED) is 0.812.